The Balaban J connectivity index is 2.38. The van der Waals surface area contributed by atoms with Crippen LogP contribution >= 0.6 is 0 Å². The zero-order chi connectivity index (χ0) is 15.6. The van der Waals surface area contributed by atoms with Crippen molar-refractivity contribution in [3.8, 4) is 0 Å². The van der Waals surface area contributed by atoms with Gasteiger partial charge in [0.25, 0.3) is 5.69 Å². The third-order valence-electron chi connectivity index (χ3n) is 2.96. The molecule has 0 spiro atoms. The van der Waals surface area contributed by atoms with Gasteiger partial charge in [0.05, 0.1) is 20.7 Å². The van der Waals surface area contributed by atoms with E-state index >= 15 is 0 Å². The summed E-state index contributed by atoms with van der Waals surface area (Å²) >= 11 is 0. The lowest BCUT2D eigenvalue weighted by Crippen LogP contribution is -2.33. The molecule has 1 aromatic carbocycles. The number of rotatable bonds is 4. The number of benzene rings is 1. The fraction of sp³-hybridized carbons (Fsp3) is 0.357. The number of fused-ring (bicyclic) bond motifs is 1. The molecule has 6 nitrogen and oxygen atoms in total. The largest absolute Gasteiger partial charge is 0.299 e. The van der Waals surface area contributed by atoms with Crippen molar-refractivity contribution in [3.05, 3.63) is 46.1 Å². The summed E-state index contributed by atoms with van der Waals surface area (Å²) in [6.45, 7) is 5.68. The quantitative estimate of drug-likeness (QED) is 0.695. The molecule has 2 rings (SSSR count). The Morgan fingerprint density at radius 1 is 1.33 bits per heavy atom. The van der Waals surface area contributed by atoms with Gasteiger partial charge in [-0.15, -0.1) is 0 Å². The van der Waals surface area contributed by atoms with Crippen LogP contribution in [0.3, 0.4) is 0 Å². The maximum Gasteiger partial charge on any atom is 0.299 e. The minimum Gasteiger partial charge on any atom is -0.258 e. The van der Waals surface area contributed by atoms with E-state index in [4.69, 9.17) is 0 Å². The van der Waals surface area contributed by atoms with Gasteiger partial charge in [0.15, 0.2) is 0 Å². The summed E-state index contributed by atoms with van der Waals surface area (Å²) in [5.41, 5.74) is 0.790. The molecule has 1 unspecified atom stereocenters. The Morgan fingerprint density at radius 2 is 2.05 bits per heavy atom. The highest BCUT2D eigenvalue weighted by molar-refractivity contribution is 7.84. The molecule has 0 saturated carbocycles. The van der Waals surface area contributed by atoms with Crippen LogP contribution in [0.2, 0.25) is 0 Å². The first-order valence-electron chi connectivity index (χ1n) is 6.47. The number of nitro groups is 1. The topological polar surface area (TPSA) is 85.1 Å². The second-order valence-electron chi connectivity index (χ2n) is 5.61. The van der Waals surface area contributed by atoms with Gasteiger partial charge in [-0.1, -0.05) is 18.2 Å². The zero-order valence-electron chi connectivity index (χ0n) is 12.1. The first kappa shape index (κ1) is 15.5. The first-order chi connectivity index (χ1) is 9.80. The number of nitrogens with one attached hydrogen (secondary N) is 1. The molecule has 1 aromatic heterocycles. The summed E-state index contributed by atoms with van der Waals surface area (Å²) in [6.07, 6.45) is 1.53. The first-order valence-corrected chi connectivity index (χ1v) is 7.62. The van der Waals surface area contributed by atoms with Gasteiger partial charge in [0.2, 0.25) is 0 Å². The van der Waals surface area contributed by atoms with Crippen LogP contribution in [0.25, 0.3) is 10.9 Å². The lowest BCUT2D eigenvalue weighted by Gasteiger charge is -2.18. The Labute approximate surface area is 125 Å². The van der Waals surface area contributed by atoms with Crippen molar-refractivity contribution in [3.63, 3.8) is 0 Å². The molecule has 1 atom stereocenters. The van der Waals surface area contributed by atoms with Gasteiger partial charge in [-0.3, -0.25) is 10.1 Å². The zero-order valence-corrected chi connectivity index (χ0v) is 12.9. The second-order valence-corrected chi connectivity index (χ2v) is 7.66. The van der Waals surface area contributed by atoms with Gasteiger partial charge in [-0.05, 0) is 26.8 Å². The van der Waals surface area contributed by atoms with Crippen molar-refractivity contribution in [2.45, 2.75) is 32.1 Å². The summed E-state index contributed by atoms with van der Waals surface area (Å²) < 4.78 is 14.4. The predicted molar refractivity (Wildman–Crippen MR) is 83.1 cm³/mol. The molecule has 0 fully saturated rings. The third-order valence-corrected chi connectivity index (χ3v) is 4.48. The predicted octanol–water partition coefficient (Wildman–Crippen LogP) is 2.69. The van der Waals surface area contributed by atoms with Crippen LogP contribution in [0.4, 0.5) is 5.69 Å². The van der Waals surface area contributed by atoms with Crippen LogP contribution < -0.4 is 4.72 Å². The molecular formula is C14H17N3O3S. The van der Waals surface area contributed by atoms with Crippen molar-refractivity contribution in [2.24, 2.45) is 0 Å². The number of aromatic nitrogens is 1. The average Bonchev–Trinajstić information content (AvgIpc) is 2.42. The SMILES string of the molecule is CC(C)(C)S(=O)NCc1ccc2cccnc2c1[N+](=O)[O-]. The van der Waals surface area contributed by atoms with E-state index in [1.807, 2.05) is 20.8 Å². The fourth-order valence-electron chi connectivity index (χ4n) is 1.88. The van der Waals surface area contributed by atoms with Crippen LogP contribution in [0, 0.1) is 10.1 Å². The summed E-state index contributed by atoms with van der Waals surface area (Å²) in [4.78, 5) is 15.0. The molecule has 112 valence electrons. The van der Waals surface area contributed by atoms with E-state index in [1.165, 1.54) is 6.20 Å². The molecule has 0 aliphatic carbocycles. The molecule has 1 heterocycles. The van der Waals surface area contributed by atoms with Crippen LogP contribution in [0.15, 0.2) is 30.5 Å². The molecule has 0 bridgehead atoms. The molecule has 0 aliphatic rings. The minimum absolute atomic E-state index is 0.0356. The fourth-order valence-corrected chi connectivity index (χ4v) is 2.60. The van der Waals surface area contributed by atoms with Gasteiger partial charge >= 0.3 is 0 Å². The van der Waals surface area contributed by atoms with Crippen LogP contribution in [0.5, 0.6) is 0 Å². The van der Waals surface area contributed by atoms with E-state index < -0.39 is 20.7 Å². The maximum absolute atomic E-state index is 12.0. The molecule has 21 heavy (non-hydrogen) atoms. The van der Waals surface area contributed by atoms with E-state index in [0.29, 0.717) is 16.5 Å². The number of pyridine rings is 1. The van der Waals surface area contributed by atoms with Crippen molar-refractivity contribution in [2.75, 3.05) is 0 Å². The van der Waals surface area contributed by atoms with E-state index in [2.05, 4.69) is 9.71 Å². The molecule has 7 heteroatoms. The van der Waals surface area contributed by atoms with E-state index in [0.717, 1.165) is 0 Å². The molecule has 0 saturated heterocycles. The number of hydrogen-bond donors (Lipinski definition) is 1. The molecule has 2 aromatic rings. The van der Waals surface area contributed by atoms with E-state index in [1.54, 1.807) is 24.3 Å². The van der Waals surface area contributed by atoms with Gasteiger partial charge in [0.1, 0.15) is 5.52 Å². The molecule has 0 radical (unpaired) electrons. The number of nitro benzene ring substituents is 1. The van der Waals surface area contributed by atoms with Gasteiger partial charge in [-0.25, -0.2) is 13.9 Å². The highest BCUT2D eigenvalue weighted by Crippen LogP contribution is 2.28. The van der Waals surface area contributed by atoms with Crippen molar-refractivity contribution in [1.29, 1.82) is 0 Å². The summed E-state index contributed by atoms with van der Waals surface area (Å²) in [7, 11) is -1.29. The second kappa shape index (κ2) is 5.87. The average molecular weight is 307 g/mol. The van der Waals surface area contributed by atoms with Gasteiger partial charge < -0.3 is 0 Å². The van der Waals surface area contributed by atoms with Crippen LogP contribution in [-0.4, -0.2) is 18.9 Å². The van der Waals surface area contributed by atoms with E-state index in [9.17, 15) is 14.3 Å². The van der Waals surface area contributed by atoms with Crippen LogP contribution in [0.1, 0.15) is 26.3 Å². The summed E-state index contributed by atoms with van der Waals surface area (Å²) in [5.74, 6) is 0. The molecular weight excluding hydrogens is 290 g/mol. The number of nitrogens with zero attached hydrogens (tertiary/aromatic N) is 2. The normalized spacial score (nSPS) is 13.3. The van der Waals surface area contributed by atoms with Gasteiger partial charge in [-0.2, -0.15) is 0 Å². The van der Waals surface area contributed by atoms with Crippen molar-refractivity contribution < 1.29 is 9.13 Å². The molecule has 0 amide bonds. The Bertz CT molecular complexity index is 710. The minimum atomic E-state index is -1.29. The lowest BCUT2D eigenvalue weighted by molar-refractivity contribution is -0.383. The Morgan fingerprint density at radius 3 is 2.67 bits per heavy atom. The van der Waals surface area contributed by atoms with Crippen molar-refractivity contribution >= 4 is 27.6 Å². The van der Waals surface area contributed by atoms with Crippen LogP contribution in [-0.2, 0) is 17.5 Å². The third kappa shape index (κ3) is 3.43. The number of hydrogen-bond acceptors (Lipinski definition) is 4. The monoisotopic (exact) mass is 307 g/mol. The highest BCUT2D eigenvalue weighted by atomic mass is 32.2. The Hall–Kier alpha value is -1.86. The van der Waals surface area contributed by atoms with Gasteiger partial charge in [0, 0.05) is 23.7 Å². The Kier molecular flexibility index (Phi) is 4.34. The van der Waals surface area contributed by atoms with E-state index in [-0.39, 0.29) is 12.2 Å². The molecule has 0 aliphatic heterocycles. The smallest absolute Gasteiger partial charge is 0.258 e. The highest BCUT2D eigenvalue weighted by Gasteiger charge is 2.23. The lowest BCUT2D eigenvalue weighted by atomic mass is 10.1. The standard InChI is InChI=1S/C14H17N3O3S/c1-14(2,3)21(20)16-9-11-7-6-10-5-4-8-15-12(10)13(11)17(18)19/h4-8,16H,9H2,1-3H3. The van der Waals surface area contributed by atoms with Crippen molar-refractivity contribution in [1.82, 2.24) is 9.71 Å². The molecule has 1 N–H and O–H groups in total. The summed E-state index contributed by atoms with van der Waals surface area (Å²) in [5, 5.41) is 12.1. The maximum atomic E-state index is 12.0. The summed E-state index contributed by atoms with van der Waals surface area (Å²) in [6, 6.07) is 6.97.